The number of benzene rings is 1. The quantitative estimate of drug-likeness (QED) is 0.776. The minimum Gasteiger partial charge on any atom is -0.508 e. The van der Waals surface area contributed by atoms with E-state index >= 15 is 0 Å². The second kappa shape index (κ2) is 7.65. The lowest BCUT2D eigenvalue weighted by Gasteiger charge is -2.45. The maximum absolute atomic E-state index is 12.8. The van der Waals surface area contributed by atoms with Crippen LogP contribution in [0.4, 0.5) is 0 Å². The molecule has 5 atom stereocenters. The summed E-state index contributed by atoms with van der Waals surface area (Å²) in [5.74, 6) is 1.09. The monoisotopic (exact) mass is 372 g/mol. The summed E-state index contributed by atoms with van der Waals surface area (Å²) in [5.41, 5.74) is 2.30. The van der Waals surface area contributed by atoms with Gasteiger partial charge in [-0.05, 0) is 79.5 Å². The summed E-state index contributed by atoms with van der Waals surface area (Å²) in [5, 5.41) is 9.78. The van der Waals surface area contributed by atoms with Crippen LogP contribution in [0.2, 0.25) is 0 Å². The van der Waals surface area contributed by atoms with Gasteiger partial charge in [0.05, 0.1) is 13.0 Å². The summed E-state index contributed by atoms with van der Waals surface area (Å²) < 4.78 is 5.00. The Morgan fingerprint density at radius 3 is 2.81 bits per heavy atom. The van der Waals surface area contributed by atoms with E-state index in [1.54, 1.807) is 6.07 Å². The van der Waals surface area contributed by atoms with Crippen LogP contribution in [0.5, 0.6) is 5.75 Å². The fourth-order valence-corrected chi connectivity index (χ4v) is 5.90. The minimum atomic E-state index is -0.134. The van der Waals surface area contributed by atoms with Gasteiger partial charge in [0.1, 0.15) is 11.5 Å². The van der Waals surface area contributed by atoms with Crippen molar-refractivity contribution >= 4 is 11.8 Å². The van der Waals surface area contributed by atoms with Gasteiger partial charge in [0, 0.05) is 12.3 Å². The molecule has 1 aromatic carbocycles. The molecule has 3 rings (SSSR count). The first kappa shape index (κ1) is 19.9. The SMILES string of the molecule is COC(=O)C(C)[C@H]1CC[C@H]2[C@H](CCc3cc(O)ccc3C)C(=O)CC[C@]12C. The number of hydrogen-bond donors (Lipinski definition) is 1. The molecule has 2 fully saturated rings. The molecule has 2 aliphatic rings. The highest BCUT2D eigenvalue weighted by Crippen LogP contribution is 2.59. The second-order valence-electron chi connectivity index (χ2n) is 8.83. The minimum absolute atomic E-state index is 0.0278. The third kappa shape index (κ3) is 3.63. The Kier molecular flexibility index (Phi) is 5.64. The van der Waals surface area contributed by atoms with E-state index in [2.05, 4.69) is 6.92 Å². The van der Waals surface area contributed by atoms with Crippen molar-refractivity contribution in [3.05, 3.63) is 29.3 Å². The number of carbonyl (C=O) groups is 2. The predicted octanol–water partition coefficient (Wildman–Crippen LogP) is 4.45. The first-order valence-electron chi connectivity index (χ1n) is 10.2. The molecule has 0 radical (unpaired) electrons. The van der Waals surface area contributed by atoms with Crippen LogP contribution in [0.15, 0.2) is 18.2 Å². The molecular weight excluding hydrogens is 340 g/mol. The molecule has 1 N–H and O–H groups in total. The molecule has 0 bridgehead atoms. The molecule has 2 aliphatic carbocycles. The van der Waals surface area contributed by atoms with Gasteiger partial charge in [-0.3, -0.25) is 9.59 Å². The fraction of sp³-hybridized carbons (Fsp3) is 0.652. The third-order valence-corrected chi connectivity index (χ3v) is 7.53. The van der Waals surface area contributed by atoms with Gasteiger partial charge < -0.3 is 9.84 Å². The van der Waals surface area contributed by atoms with Crippen molar-refractivity contribution in [2.75, 3.05) is 7.11 Å². The maximum Gasteiger partial charge on any atom is 0.308 e. The van der Waals surface area contributed by atoms with Crippen LogP contribution in [0.25, 0.3) is 0 Å². The Bertz CT molecular complexity index is 725. The van der Waals surface area contributed by atoms with Crippen molar-refractivity contribution in [2.45, 2.75) is 59.3 Å². The molecule has 0 heterocycles. The van der Waals surface area contributed by atoms with E-state index in [-0.39, 0.29) is 34.9 Å². The van der Waals surface area contributed by atoms with Crippen LogP contribution >= 0.6 is 0 Å². The smallest absolute Gasteiger partial charge is 0.308 e. The van der Waals surface area contributed by atoms with Gasteiger partial charge in [0.25, 0.3) is 0 Å². The first-order chi connectivity index (χ1) is 12.8. The van der Waals surface area contributed by atoms with E-state index in [0.717, 1.165) is 43.2 Å². The number of Topliss-reactive ketones (excluding diaryl/α,β-unsaturated/α-hetero) is 1. The van der Waals surface area contributed by atoms with Gasteiger partial charge in [-0.1, -0.05) is 19.9 Å². The normalized spacial score (nSPS) is 31.4. The van der Waals surface area contributed by atoms with E-state index in [4.69, 9.17) is 4.74 Å². The standard InChI is InChI=1S/C23H32O4/c1-14-5-7-17(24)13-16(14)6-8-18-20-10-9-19(15(2)22(26)27-4)23(20,3)12-11-21(18)25/h5,7,13,15,18-20,24H,6,8-12H2,1-4H3/t15?,18-,19+,20-,23+/m0/s1. The molecule has 2 saturated carbocycles. The van der Waals surface area contributed by atoms with Crippen LogP contribution < -0.4 is 0 Å². The predicted molar refractivity (Wildman–Crippen MR) is 104 cm³/mol. The van der Waals surface area contributed by atoms with Crippen LogP contribution in [0.3, 0.4) is 0 Å². The molecule has 0 spiro atoms. The number of rotatable bonds is 5. The number of methoxy groups -OCH3 is 1. The number of aryl methyl sites for hydroxylation is 2. The molecule has 0 amide bonds. The van der Waals surface area contributed by atoms with E-state index in [1.807, 2.05) is 26.0 Å². The Hall–Kier alpha value is -1.84. The number of hydrogen-bond acceptors (Lipinski definition) is 4. The molecule has 1 unspecified atom stereocenters. The van der Waals surface area contributed by atoms with Crippen LogP contribution in [0, 0.1) is 36.0 Å². The topological polar surface area (TPSA) is 63.6 Å². The highest BCUT2D eigenvalue weighted by molar-refractivity contribution is 5.82. The van der Waals surface area contributed by atoms with Gasteiger partial charge in [0.15, 0.2) is 0 Å². The Balaban J connectivity index is 1.77. The molecule has 1 aromatic rings. The van der Waals surface area contributed by atoms with Gasteiger partial charge in [-0.15, -0.1) is 0 Å². The Morgan fingerprint density at radius 2 is 2.11 bits per heavy atom. The second-order valence-corrected chi connectivity index (χ2v) is 8.83. The van der Waals surface area contributed by atoms with E-state index in [1.165, 1.54) is 7.11 Å². The zero-order valence-electron chi connectivity index (χ0n) is 17.0. The number of phenols is 1. The van der Waals surface area contributed by atoms with E-state index < -0.39 is 0 Å². The number of ether oxygens (including phenoxy) is 1. The number of phenolic OH excluding ortho intramolecular Hbond substituents is 1. The number of esters is 1. The number of aromatic hydroxyl groups is 1. The Morgan fingerprint density at radius 1 is 1.37 bits per heavy atom. The van der Waals surface area contributed by atoms with Crippen molar-refractivity contribution in [1.82, 2.24) is 0 Å². The average molecular weight is 373 g/mol. The van der Waals surface area contributed by atoms with Gasteiger partial charge in [-0.25, -0.2) is 0 Å². The largest absolute Gasteiger partial charge is 0.508 e. The lowest BCUT2D eigenvalue weighted by Crippen LogP contribution is -2.44. The maximum atomic E-state index is 12.8. The summed E-state index contributed by atoms with van der Waals surface area (Å²) in [7, 11) is 1.46. The summed E-state index contributed by atoms with van der Waals surface area (Å²) in [6, 6.07) is 5.46. The van der Waals surface area contributed by atoms with Crippen molar-refractivity contribution in [3.8, 4) is 5.75 Å². The molecule has 0 saturated heterocycles. The lowest BCUT2D eigenvalue weighted by molar-refractivity contribution is -0.149. The van der Waals surface area contributed by atoms with Gasteiger partial charge in [-0.2, -0.15) is 0 Å². The molecule has 0 aliphatic heterocycles. The Labute approximate surface area is 162 Å². The highest BCUT2D eigenvalue weighted by atomic mass is 16.5. The fourth-order valence-electron chi connectivity index (χ4n) is 5.90. The molecule has 148 valence electrons. The van der Waals surface area contributed by atoms with E-state index in [9.17, 15) is 14.7 Å². The number of fused-ring (bicyclic) bond motifs is 1. The van der Waals surface area contributed by atoms with E-state index in [0.29, 0.717) is 18.1 Å². The van der Waals surface area contributed by atoms with Crippen molar-refractivity contribution in [3.63, 3.8) is 0 Å². The summed E-state index contributed by atoms with van der Waals surface area (Å²) in [6.07, 6.45) is 5.12. The number of carbonyl (C=O) groups excluding carboxylic acids is 2. The highest BCUT2D eigenvalue weighted by Gasteiger charge is 2.55. The molecule has 27 heavy (non-hydrogen) atoms. The van der Waals surface area contributed by atoms with Gasteiger partial charge >= 0.3 is 5.97 Å². The van der Waals surface area contributed by atoms with Crippen LogP contribution in [0.1, 0.15) is 57.1 Å². The number of ketones is 1. The first-order valence-corrected chi connectivity index (χ1v) is 10.2. The molecular formula is C23H32O4. The summed E-state index contributed by atoms with van der Waals surface area (Å²) in [4.78, 5) is 24.9. The van der Waals surface area contributed by atoms with Crippen LogP contribution in [-0.2, 0) is 20.7 Å². The van der Waals surface area contributed by atoms with Crippen molar-refractivity contribution < 1.29 is 19.4 Å². The van der Waals surface area contributed by atoms with Crippen LogP contribution in [-0.4, -0.2) is 24.0 Å². The van der Waals surface area contributed by atoms with Crippen molar-refractivity contribution in [2.24, 2.45) is 29.1 Å². The molecule has 0 aromatic heterocycles. The molecule has 4 heteroatoms. The lowest BCUT2D eigenvalue weighted by atomic mass is 9.58. The van der Waals surface area contributed by atoms with Crippen molar-refractivity contribution in [1.29, 1.82) is 0 Å². The zero-order chi connectivity index (χ0) is 19.8. The van der Waals surface area contributed by atoms with Gasteiger partial charge in [0.2, 0.25) is 0 Å². The zero-order valence-corrected chi connectivity index (χ0v) is 17.0. The molecule has 4 nitrogen and oxygen atoms in total. The third-order valence-electron chi connectivity index (χ3n) is 7.53. The summed E-state index contributed by atoms with van der Waals surface area (Å²) in [6.45, 7) is 6.31. The average Bonchev–Trinajstić information content (AvgIpc) is 3.00. The summed E-state index contributed by atoms with van der Waals surface area (Å²) >= 11 is 0.